The summed E-state index contributed by atoms with van der Waals surface area (Å²) < 4.78 is 3.58. The van der Waals surface area contributed by atoms with Crippen molar-refractivity contribution in [3.63, 3.8) is 0 Å². The monoisotopic (exact) mass is 434 g/mol. The molecule has 2 aliphatic rings. The average molecular weight is 433 g/mol. The van der Waals surface area contributed by atoms with E-state index in [4.69, 9.17) is 0 Å². The van der Waals surface area contributed by atoms with Crippen molar-refractivity contribution in [2.24, 2.45) is 11.8 Å². The molecule has 0 aromatic rings. The van der Waals surface area contributed by atoms with Crippen molar-refractivity contribution < 1.29 is 17.4 Å². The summed E-state index contributed by atoms with van der Waals surface area (Å²) in [4.78, 5) is 0. The fourth-order valence-electron chi connectivity index (χ4n) is 3.00. The Morgan fingerprint density at radius 1 is 0.579 bits per heavy atom. The Balaban J connectivity index is 2.32. The average Bonchev–Trinajstić information content (AvgIpc) is 2.68. The summed E-state index contributed by atoms with van der Waals surface area (Å²) >= 11 is -0.277. The topological polar surface area (TPSA) is 0 Å². The molecule has 106 valence electrons. The SMILES string of the molecule is CC1=C(C)C(C)[C]([Os][C]2=C(C)C(C)=C(C)C2C)=C1C. The molecule has 0 amide bonds. The zero-order valence-electron chi connectivity index (χ0n) is 13.5. The van der Waals surface area contributed by atoms with Gasteiger partial charge in [0.1, 0.15) is 0 Å². The summed E-state index contributed by atoms with van der Waals surface area (Å²) in [6.07, 6.45) is 0. The third-order valence-electron chi connectivity index (χ3n) is 5.23. The van der Waals surface area contributed by atoms with Crippen LogP contribution in [-0.4, -0.2) is 0 Å². The van der Waals surface area contributed by atoms with Crippen LogP contribution < -0.4 is 0 Å². The molecule has 0 aromatic heterocycles. The van der Waals surface area contributed by atoms with Crippen LogP contribution in [0.2, 0.25) is 0 Å². The van der Waals surface area contributed by atoms with Crippen LogP contribution in [-0.2, 0) is 17.4 Å². The summed E-state index contributed by atoms with van der Waals surface area (Å²) in [6.45, 7) is 18.7. The summed E-state index contributed by atoms with van der Waals surface area (Å²) in [6, 6.07) is 0. The van der Waals surface area contributed by atoms with Crippen LogP contribution in [0.1, 0.15) is 55.4 Å². The summed E-state index contributed by atoms with van der Waals surface area (Å²) in [5.74, 6) is 1.39. The number of hydrogen-bond donors (Lipinski definition) is 0. The Morgan fingerprint density at radius 3 is 1.11 bits per heavy atom. The third-order valence-corrected chi connectivity index (χ3v) is 10.7. The first kappa shape index (κ1) is 15.0. The summed E-state index contributed by atoms with van der Waals surface area (Å²) in [5, 5.41) is 0. The molecule has 0 radical (unpaired) electrons. The van der Waals surface area contributed by atoms with E-state index in [9.17, 15) is 0 Å². The van der Waals surface area contributed by atoms with E-state index in [1.807, 2.05) is 0 Å². The molecular weight excluding hydrogens is 406 g/mol. The maximum atomic E-state index is 2.40. The first-order chi connectivity index (χ1) is 8.77. The molecule has 0 aliphatic heterocycles. The molecule has 1 heteroatoms. The van der Waals surface area contributed by atoms with Gasteiger partial charge in [-0.3, -0.25) is 0 Å². The fraction of sp³-hybridized carbons (Fsp3) is 0.556. The van der Waals surface area contributed by atoms with Crippen LogP contribution in [0.5, 0.6) is 0 Å². The molecule has 2 atom stereocenters. The Hall–Kier alpha value is -0.404. The van der Waals surface area contributed by atoms with Crippen molar-refractivity contribution in [1.82, 2.24) is 0 Å². The Morgan fingerprint density at radius 2 is 0.895 bits per heavy atom. The third kappa shape index (κ3) is 2.25. The normalized spacial score (nSPS) is 28.6. The van der Waals surface area contributed by atoms with Gasteiger partial charge in [0.25, 0.3) is 0 Å². The van der Waals surface area contributed by atoms with Gasteiger partial charge in [-0.1, -0.05) is 0 Å². The molecule has 2 aliphatic carbocycles. The molecule has 0 saturated carbocycles. The molecule has 2 rings (SSSR count). The standard InChI is InChI=1S/2C9H13.Os/c2*1-6-5-7(2)9(4)8(6)3;/h2*6H,1-4H3;. The van der Waals surface area contributed by atoms with E-state index in [0.29, 0.717) is 11.8 Å². The van der Waals surface area contributed by atoms with Gasteiger partial charge in [-0.2, -0.15) is 0 Å². The number of rotatable bonds is 2. The molecule has 0 fully saturated rings. The van der Waals surface area contributed by atoms with E-state index in [1.165, 1.54) is 0 Å². The first-order valence-corrected chi connectivity index (χ1v) is 9.70. The minimum absolute atomic E-state index is 0.277. The second kappa shape index (κ2) is 5.18. The summed E-state index contributed by atoms with van der Waals surface area (Å²) in [5.41, 5.74) is 9.52. The molecule has 2 unspecified atom stereocenters. The molecule has 0 bridgehead atoms. The Labute approximate surface area is 126 Å². The van der Waals surface area contributed by atoms with Gasteiger partial charge in [-0.05, 0) is 0 Å². The maximum absolute atomic E-state index is 2.40. The second-order valence-corrected chi connectivity index (χ2v) is 9.44. The van der Waals surface area contributed by atoms with Crippen LogP contribution in [0.15, 0.2) is 41.7 Å². The van der Waals surface area contributed by atoms with Gasteiger partial charge in [-0.25, -0.2) is 0 Å². The van der Waals surface area contributed by atoms with Gasteiger partial charge in [0.2, 0.25) is 0 Å². The van der Waals surface area contributed by atoms with E-state index in [1.54, 1.807) is 41.7 Å². The van der Waals surface area contributed by atoms with Gasteiger partial charge in [0.15, 0.2) is 0 Å². The van der Waals surface area contributed by atoms with Crippen LogP contribution in [0.3, 0.4) is 0 Å². The Kier molecular flexibility index (Phi) is 4.09. The first-order valence-electron chi connectivity index (χ1n) is 7.16. The van der Waals surface area contributed by atoms with Gasteiger partial charge < -0.3 is 0 Å². The van der Waals surface area contributed by atoms with Crippen molar-refractivity contribution in [1.29, 1.82) is 0 Å². The van der Waals surface area contributed by atoms with Gasteiger partial charge in [-0.15, -0.1) is 0 Å². The van der Waals surface area contributed by atoms with Gasteiger partial charge in [0.05, 0.1) is 0 Å². The second-order valence-electron chi connectivity index (χ2n) is 6.07. The molecule has 0 aromatic carbocycles. The summed E-state index contributed by atoms with van der Waals surface area (Å²) in [7, 11) is 0. The molecule has 0 spiro atoms. The molecular formula is C18H26Os. The van der Waals surface area contributed by atoms with Crippen molar-refractivity contribution in [2.75, 3.05) is 0 Å². The quantitative estimate of drug-likeness (QED) is 0.534. The van der Waals surface area contributed by atoms with E-state index < -0.39 is 0 Å². The van der Waals surface area contributed by atoms with E-state index in [-0.39, 0.29) is 17.4 Å². The van der Waals surface area contributed by atoms with Crippen LogP contribution in [0.4, 0.5) is 0 Å². The van der Waals surface area contributed by atoms with Crippen LogP contribution in [0, 0.1) is 11.8 Å². The number of hydrogen-bond acceptors (Lipinski definition) is 0. The zero-order chi connectivity index (χ0) is 14.5. The van der Waals surface area contributed by atoms with Crippen LogP contribution >= 0.6 is 0 Å². The van der Waals surface area contributed by atoms with E-state index >= 15 is 0 Å². The van der Waals surface area contributed by atoms with Gasteiger partial charge in [0, 0.05) is 0 Å². The zero-order valence-corrected chi connectivity index (χ0v) is 16.0. The Bertz CT molecular complexity index is 502. The van der Waals surface area contributed by atoms with Crippen molar-refractivity contribution in [3.05, 3.63) is 41.7 Å². The molecule has 0 saturated heterocycles. The fourth-order valence-corrected chi connectivity index (χ4v) is 7.84. The van der Waals surface area contributed by atoms with Crippen molar-refractivity contribution in [3.8, 4) is 0 Å². The molecule has 0 N–H and O–H groups in total. The van der Waals surface area contributed by atoms with Gasteiger partial charge >= 0.3 is 126 Å². The van der Waals surface area contributed by atoms with E-state index in [0.717, 1.165) is 0 Å². The van der Waals surface area contributed by atoms with E-state index in [2.05, 4.69) is 55.4 Å². The molecule has 0 heterocycles. The predicted molar refractivity (Wildman–Crippen MR) is 80.5 cm³/mol. The molecule has 19 heavy (non-hydrogen) atoms. The number of allylic oxidation sites excluding steroid dienone is 8. The van der Waals surface area contributed by atoms with Crippen molar-refractivity contribution >= 4 is 0 Å². The minimum atomic E-state index is -0.277. The predicted octanol–water partition coefficient (Wildman–Crippen LogP) is 5.59. The molecule has 0 nitrogen and oxygen atoms in total. The van der Waals surface area contributed by atoms with Crippen molar-refractivity contribution in [2.45, 2.75) is 55.4 Å². The van der Waals surface area contributed by atoms with Crippen LogP contribution in [0.25, 0.3) is 0 Å².